The van der Waals surface area contributed by atoms with E-state index in [4.69, 9.17) is 4.74 Å². The molecule has 2 aromatic carbocycles. The second kappa shape index (κ2) is 9.18. The first kappa shape index (κ1) is 22.0. The van der Waals surface area contributed by atoms with Crippen molar-refractivity contribution < 1.29 is 18.7 Å². The van der Waals surface area contributed by atoms with Gasteiger partial charge in [0.15, 0.2) is 4.96 Å². The highest BCUT2D eigenvalue weighted by Crippen LogP contribution is 2.28. The number of para-hydroxylation sites is 1. The lowest BCUT2D eigenvalue weighted by molar-refractivity contribution is 0.0469. The molecule has 0 saturated heterocycles. The number of ether oxygens (including phenoxy) is 1. The van der Waals surface area contributed by atoms with Gasteiger partial charge in [0.25, 0.3) is 11.5 Å². The Labute approximate surface area is 197 Å². The standard InChI is InChI=1S/C25H20FN3O4S/c26-18-9-3-1-7-16(18)23(31)28-19-10-4-2-8-17(19)24(32)33-14-15-13-22(30)29-20-11-5-6-12-21(20)34-25(29)27-15/h1-4,7-10,13H,5-6,11-12,14H2,(H,28,31). The summed E-state index contributed by atoms with van der Waals surface area (Å²) in [5, 5.41) is 2.56. The van der Waals surface area contributed by atoms with E-state index in [-0.39, 0.29) is 29.0 Å². The highest BCUT2D eigenvalue weighted by atomic mass is 32.1. The number of halogens is 1. The zero-order chi connectivity index (χ0) is 23.7. The van der Waals surface area contributed by atoms with E-state index in [1.54, 1.807) is 22.6 Å². The zero-order valence-electron chi connectivity index (χ0n) is 18.0. The average Bonchev–Trinajstić information content (AvgIpc) is 3.22. The second-order valence-electron chi connectivity index (χ2n) is 7.94. The van der Waals surface area contributed by atoms with Gasteiger partial charge in [-0.25, -0.2) is 14.2 Å². The van der Waals surface area contributed by atoms with Gasteiger partial charge in [0, 0.05) is 16.6 Å². The van der Waals surface area contributed by atoms with Crippen LogP contribution in [0.1, 0.15) is 49.8 Å². The second-order valence-corrected chi connectivity index (χ2v) is 9.00. The third-order valence-corrected chi connectivity index (χ3v) is 6.82. The first-order valence-electron chi connectivity index (χ1n) is 10.9. The van der Waals surface area contributed by atoms with Crippen LogP contribution in [0, 0.1) is 5.82 Å². The fourth-order valence-corrected chi connectivity index (χ4v) is 5.27. The lowest BCUT2D eigenvalue weighted by Crippen LogP contribution is -2.19. The summed E-state index contributed by atoms with van der Waals surface area (Å²) >= 11 is 1.50. The maximum absolute atomic E-state index is 13.9. The van der Waals surface area contributed by atoms with Crippen LogP contribution in [0.25, 0.3) is 4.96 Å². The highest BCUT2D eigenvalue weighted by molar-refractivity contribution is 7.17. The monoisotopic (exact) mass is 477 g/mol. The molecule has 0 saturated carbocycles. The molecule has 7 nitrogen and oxygen atoms in total. The van der Waals surface area contributed by atoms with E-state index >= 15 is 0 Å². The Morgan fingerprint density at radius 1 is 1.06 bits per heavy atom. The molecule has 172 valence electrons. The van der Waals surface area contributed by atoms with Crippen molar-refractivity contribution in [1.82, 2.24) is 9.38 Å². The van der Waals surface area contributed by atoms with Gasteiger partial charge in [0.2, 0.25) is 0 Å². The Kier molecular flexibility index (Phi) is 5.93. The van der Waals surface area contributed by atoms with Gasteiger partial charge in [-0.15, -0.1) is 11.3 Å². The predicted molar refractivity (Wildman–Crippen MR) is 126 cm³/mol. The van der Waals surface area contributed by atoms with Crippen molar-refractivity contribution in [3.8, 4) is 0 Å². The largest absolute Gasteiger partial charge is 0.456 e. The number of hydrogen-bond acceptors (Lipinski definition) is 6. The molecule has 1 N–H and O–H groups in total. The van der Waals surface area contributed by atoms with Gasteiger partial charge in [0.1, 0.15) is 12.4 Å². The van der Waals surface area contributed by atoms with Crippen LogP contribution in [0.2, 0.25) is 0 Å². The molecule has 1 amide bonds. The highest BCUT2D eigenvalue weighted by Gasteiger charge is 2.20. The van der Waals surface area contributed by atoms with Crippen molar-refractivity contribution >= 4 is 33.9 Å². The summed E-state index contributed by atoms with van der Waals surface area (Å²) in [6.45, 7) is -0.192. The first-order valence-corrected chi connectivity index (χ1v) is 11.7. The number of carbonyl (C=O) groups excluding carboxylic acids is 2. The number of aromatic nitrogens is 2. The van der Waals surface area contributed by atoms with Crippen molar-refractivity contribution in [2.24, 2.45) is 0 Å². The average molecular weight is 478 g/mol. The number of esters is 1. The molecule has 0 unspecified atom stereocenters. The van der Waals surface area contributed by atoms with Crippen LogP contribution in [0.15, 0.2) is 59.4 Å². The van der Waals surface area contributed by atoms with E-state index in [0.29, 0.717) is 10.7 Å². The first-order chi connectivity index (χ1) is 16.5. The minimum atomic E-state index is -0.697. The van der Waals surface area contributed by atoms with Crippen molar-refractivity contribution in [1.29, 1.82) is 0 Å². The van der Waals surface area contributed by atoms with Crippen LogP contribution in [-0.4, -0.2) is 21.3 Å². The molecule has 0 bridgehead atoms. The Morgan fingerprint density at radius 2 is 1.79 bits per heavy atom. The molecule has 4 aromatic rings. The van der Waals surface area contributed by atoms with Crippen molar-refractivity contribution in [3.05, 3.63) is 98.2 Å². The molecule has 1 aliphatic rings. The van der Waals surface area contributed by atoms with Crippen LogP contribution in [-0.2, 0) is 24.2 Å². The number of thiazole rings is 1. The fourth-order valence-electron chi connectivity index (χ4n) is 4.04. The number of benzene rings is 2. The molecular formula is C25H20FN3O4S. The molecular weight excluding hydrogens is 457 g/mol. The molecule has 0 radical (unpaired) electrons. The van der Waals surface area contributed by atoms with Gasteiger partial charge in [0.05, 0.1) is 22.5 Å². The summed E-state index contributed by atoms with van der Waals surface area (Å²) in [5.41, 5.74) is 1.36. The van der Waals surface area contributed by atoms with E-state index < -0.39 is 17.7 Å². The van der Waals surface area contributed by atoms with Gasteiger partial charge in [-0.1, -0.05) is 24.3 Å². The number of nitrogens with one attached hydrogen (secondary N) is 1. The molecule has 0 spiro atoms. The SMILES string of the molecule is O=C(Nc1ccccc1C(=O)OCc1cc(=O)n2c3c(sc2n1)CCCC3)c1ccccc1F. The number of carbonyl (C=O) groups is 2. The Morgan fingerprint density at radius 3 is 2.62 bits per heavy atom. The zero-order valence-corrected chi connectivity index (χ0v) is 18.9. The van der Waals surface area contributed by atoms with E-state index in [0.717, 1.165) is 31.4 Å². The smallest absolute Gasteiger partial charge is 0.340 e. The lowest BCUT2D eigenvalue weighted by atomic mass is 10.0. The maximum Gasteiger partial charge on any atom is 0.340 e. The van der Waals surface area contributed by atoms with E-state index in [9.17, 15) is 18.8 Å². The van der Waals surface area contributed by atoms with Crippen LogP contribution < -0.4 is 10.9 Å². The van der Waals surface area contributed by atoms with Gasteiger partial charge >= 0.3 is 5.97 Å². The summed E-state index contributed by atoms with van der Waals surface area (Å²) in [6, 6.07) is 13.3. The van der Waals surface area contributed by atoms with Gasteiger partial charge in [-0.05, 0) is 49.9 Å². The van der Waals surface area contributed by atoms with Gasteiger partial charge in [-0.3, -0.25) is 14.0 Å². The summed E-state index contributed by atoms with van der Waals surface area (Å²) in [6.07, 6.45) is 3.96. The quantitative estimate of drug-likeness (QED) is 0.431. The number of hydrogen-bond donors (Lipinski definition) is 1. The maximum atomic E-state index is 13.9. The predicted octanol–water partition coefficient (Wildman–Crippen LogP) is 4.38. The topological polar surface area (TPSA) is 89.8 Å². The summed E-state index contributed by atoms with van der Waals surface area (Å²) in [4.78, 5) is 44.3. The molecule has 2 heterocycles. The normalized spacial score (nSPS) is 12.9. The molecule has 2 aromatic heterocycles. The van der Waals surface area contributed by atoms with Crippen molar-refractivity contribution in [2.75, 3.05) is 5.32 Å². The molecule has 1 aliphatic carbocycles. The van der Waals surface area contributed by atoms with E-state index in [2.05, 4.69) is 10.3 Å². The number of anilines is 1. The lowest BCUT2D eigenvalue weighted by Gasteiger charge is -2.11. The van der Waals surface area contributed by atoms with Crippen LogP contribution in [0.5, 0.6) is 0 Å². The minimum absolute atomic E-state index is 0.108. The minimum Gasteiger partial charge on any atom is -0.456 e. The Bertz CT molecular complexity index is 1480. The summed E-state index contributed by atoms with van der Waals surface area (Å²) in [7, 11) is 0. The molecule has 9 heteroatoms. The van der Waals surface area contributed by atoms with E-state index in [1.807, 2.05) is 0 Å². The van der Waals surface area contributed by atoms with Crippen LogP contribution in [0.3, 0.4) is 0 Å². The summed E-state index contributed by atoms with van der Waals surface area (Å²) in [5.74, 6) is -2.04. The fraction of sp³-hybridized carbons (Fsp3) is 0.200. The number of amides is 1. The molecule has 34 heavy (non-hydrogen) atoms. The Hall–Kier alpha value is -3.85. The third kappa shape index (κ3) is 4.22. The summed E-state index contributed by atoms with van der Waals surface area (Å²) < 4.78 is 21.0. The number of nitrogens with zero attached hydrogens (tertiary/aromatic N) is 2. The third-order valence-electron chi connectivity index (χ3n) is 5.68. The molecule has 0 fully saturated rings. The van der Waals surface area contributed by atoms with Crippen LogP contribution in [0.4, 0.5) is 10.1 Å². The molecule has 0 aliphatic heterocycles. The van der Waals surface area contributed by atoms with Crippen molar-refractivity contribution in [3.63, 3.8) is 0 Å². The van der Waals surface area contributed by atoms with Crippen LogP contribution >= 0.6 is 11.3 Å². The molecule has 0 atom stereocenters. The molecule has 5 rings (SSSR count). The number of rotatable bonds is 5. The number of aryl methyl sites for hydroxylation is 2. The van der Waals surface area contributed by atoms with E-state index in [1.165, 1.54) is 52.6 Å². The van der Waals surface area contributed by atoms with Gasteiger partial charge < -0.3 is 10.1 Å². The number of fused-ring (bicyclic) bond motifs is 3. The van der Waals surface area contributed by atoms with Gasteiger partial charge in [-0.2, -0.15) is 0 Å². The Balaban J connectivity index is 1.34. The van der Waals surface area contributed by atoms with Crippen molar-refractivity contribution in [2.45, 2.75) is 32.3 Å².